The van der Waals surface area contributed by atoms with E-state index >= 15 is 0 Å². The first kappa shape index (κ1) is 12.3. The summed E-state index contributed by atoms with van der Waals surface area (Å²) in [7, 11) is 0. The number of nitrogens with zero attached hydrogens (tertiary/aromatic N) is 2. The van der Waals surface area contributed by atoms with Gasteiger partial charge in [0.15, 0.2) is 5.84 Å². The van der Waals surface area contributed by atoms with Gasteiger partial charge in [0.2, 0.25) is 0 Å². The Bertz CT molecular complexity index is 718. The van der Waals surface area contributed by atoms with Crippen LogP contribution in [-0.2, 0) is 6.42 Å². The fraction of sp³-hybridized carbons (Fsp3) is 0.0625. The summed E-state index contributed by atoms with van der Waals surface area (Å²) in [5, 5.41) is 0. The molecule has 2 aromatic rings. The van der Waals surface area contributed by atoms with Crippen LogP contribution in [0.25, 0.3) is 0 Å². The van der Waals surface area contributed by atoms with Crippen LogP contribution in [0.2, 0.25) is 0 Å². The molecule has 3 rings (SSSR count). The number of carbonyl (C=O) groups excluding carboxylic acids is 1. The van der Waals surface area contributed by atoms with E-state index in [1.807, 2.05) is 48.5 Å². The van der Waals surface area contributed by atoms with Gasteiger partial charge in [0.05, 0.1) is 5.56 Å². The summed E-state index contributed by atoms with van der Waals surface area (Å²) in [5.74, 6) is 0.588. The van der Waals surface area contributed by atoms with Crippen LogP contribution in [0.1, 0.15) is 21.5 Å². The molecule has 0 aromatic heterocycles. The second-order valence-electron chi connectivity index (χ2n) is 4.55. The fourth-order valence-electron chi connectivity index (χ4n) is 2.15. The molecule has 0 saturated heterocycles. The summed E-state index contributed by atoms with van der Waals surface area (Å²) in [6.07, 6.45) is 0.538. The van der Waals surface area contributed by atoms with E-state index in [-0.39, 0.29) is 5.91 Å². The van der Waals surface area contributed by atoms with E-state index in [4.69, 9.17) is 5.73 Å². The van der Waals surface area contributed by atoms with E-state index in [0.717, 1.165) is 11.1 Å². The number of nitrogens with two attached hydrogens (primary N) is 1. The molecule has 1 aliphatic heterocycles. The Morgan fingerprint density at radius 3 is 2.40 bits per heavy atom. The van der Waals surface area contributed by atoms with Crippen LogP contribution in [0.3, 0.4) is 0 Å². The van der Waals surface area contributed by atoms with E-state index in [1.165, 1.54) is 0 Å². The zero-order chi connectivity index (χ0) is 13.9. The smallest absolute Gasteiger partial charge is 0.279 e. The molecule has 0 spiro atoms. The van der Waals surface area contributed by atoms with Crippen molar-refractivity contribution in [3.05, 3.63) is 71.3 Å². The van der Waals surface area contributed by atoms with Gasteiger partial charge in [-0.05, 0) is 11.6 Å². The molecule has 2 aromatic carbocycles. The van der Waals surface area contributed by atoms with Gasteiger partial charge in [-0.1, -0.05) is 48.5 Å². The molecular weight excluding hydrogens is 250 g/mol. The summed E-state index contributed by atoms with van der Waals surface area (Å²) in [4.78, 5) is 20.0. The highest BCUT2D eigenvalue weighted by molar-refractivity contribution is 6.22. The average molecular weight is 263 g/mol. The van der Waals surface area contributed by atoms with Gasteiger partial charge >= 0.3 is 0 Å². The second kappa shape index (κ2) is 5.09. The zero-order valence-corrected chi connectivity index (χ0v) is 10.8. The highest BCUT2D eigenvalue weighted by Crippen LogP contribution is 2.19. The molecule has 2 N–H and O–H groups in total. The minimum atomic E-state index is -0.258. The van der Waals surface area contributed by atoms with Crippen LogP contribution in [-0.4, -0.2) is 17.6 Å². The van der Waals surface area contributed by atoms with Crippen LogP contribution >= 0.6 is 0 Å². The van der Waals surface area contributed by atoms with Crippen molar-refractivity contribution in [3.8, 4) is 0 Å². The molecule has 0 atom stereocenters. The Morgan fingerprint density at radius 1 is 1.00 bits per heavy atom. The third-order valence-electron chi connectivity index (χ3n) is 3.08. The lowest BCUT2D eigenvalue weighted by Gasteiger charge is -2.02. The normalized spacial score (nSPS) is 14.1. The van der Waals surface area contributed by atoms with Crippen molar-refractivity contribution in [2.75, 3.05) is 0 Å². The maximum absolute atomic E-state index is 11.7. The number of fused-ring (bicyclic) bond motifs is 1. The molecule has 4 nitrogen and oxygen atoms in total. The largest absolute Gasteiger partial charge is 0.387 e. The first-order chi connectivity index (χ1) is 9.74. The molecular formula is C16H13N3O. The number of hydrogen-bond donors (Lipinski definition) is 1. The number of amidine groups is 2. The molecule has 0 aliphatic carbocycles. The van der Waals surface area contributed by atoms with Crippen molar-refractivity contribution < 1.29 is 4.79 Å². The van der Waals surface area contributed by atoms with E-state index in [2.05, 4.69) is 9.98 Å². The molecule has 1 aliphatic rings. The Kier molecular flexibility index (Phi) is 3.13. The molecule has 0 unspecified atom stereocenters. The van der Waals surface area contributed by atoms with Gasteiger partial charge in [0.1, 0.15) is 5.84 Å². The van der Waals surface area contributed by atoms with E-state index in [9.17, 15) is 4.79 Å². The molecule has 0 saturated carbocycles. The third kappa shape index (κ3) is 2.36. The zero-order valence-electron chi connectivity index (χ0n) is 10.8. The van der Waals surface area contributed by atoms with Gasteiger partial charge in [0.25, 0.3) is 5.91 Å². The number of rotatable bonds is 2. The molecule has 20 heavy (non-hydrogen) atoms. The monoisotopic (exact) mass is 263 g/mol. The van der Waals surface area contributed by atoms with Crippen LogP contribution in [0.5, 0.6) is 0 Å². The van der Waals surface area contributed by atoms with Gasteiger partial charge in [0, 0.05) is 12.0 Å². The Labute approximate surface area is 116 Å². The van der Waals surface area contributed by atoms with Crippen molar-refractivity contribution in [1.82, 2.24) is 0 Å². The van der Waals surface area contributed by atoms with Gasteiger partial charge in [-0.2, -0.15) is 4.99 Å². The van der Waals surface area contributed by atoms with E-state index < -0.39 is 0 Å². The predicted molar refractivity (Wildman–Crippen MR) is 79.1 cm³/mol. The summed E-state index contributed by atoms with van der Waals surface area (Å²) in [5.41, 5.74) is 8.35. The van der Waals surface area contributed by atoms with Gasteiger partial charge in [-0.25, -0.2) is 4.99 Å². The lowest BCUT2D eigenvalue weighted by atomic mass is 10.1. The van der Waals surface area contributed by atoms with Crippen LogP contribution in [0, 0.1) is 0 Å². The first-order valence-corrected chi connectivity index (χ1v) is 6.33. The Morgan fingerprint density at radius 2 is 1.65 bits per heavy atom. The van der Waals surface area contributed by atoms with Crippen molar-refractivity contribution >= 4 is 17.6 Å². The van der Waals surface area contributed by atoms with E-state index in [0.29, 0.717) is 23.7 Å². The first-order valence-electron chi connectivity index (χ1n) is 6.33. The average Bonchev–Trinajstić information content (AvgIpc) is 2.77. The molecule has 1 amide bonds. The lowest BCUT2D eigenvalue weighted by Crippen LogP contribution is -2.17. The SMILES string of the molecule is NC(Cc1ccccc1)=NC1=NC(=O)c2ccccc21. The van der Waals surface area contributed by atoms with Crippen LogP contribution < -0.4 is 5.73 Å². The number of benzene rings is 2. The van der Waals surface area contributed by atoms with Crippen molar-refractivity contribution in [3.63, 3.8) is 0 Å². The highest BCUT2D eigenvalue weighted by Gasteiger charge is 2.22. The van der Waals surface area contributed by atoms with Crippen molar-refractivity contribution in [2.24, 2.45) is 15.7 Å². The molecule has 0 radical (unpaired) electrons. The molecule has 4 heteroatoms. The van der Waals surface area contributed by atoms with Crippen molar-refractivity contribution in [2.45, 2.75) is 6.42 Å². The number of aliphatic imine (C=N–C) groups is 2. The molecule has 1 heterocycles. The quantitative estimate of drug-likeness (QED) is 0.666. The van der Waals surface area contributed by atoms with Gasteiger partial charge in [-0.3, -0.25) is 4.79 Å². The topological polar surface area (TPSA) is 67.8 Å². The van der Waals surface area contributed by atoms with Crippen molar-refractivity contribution in [1.29, 1.82) is 0 Å². The Hall–Kier alpha value is -2.75. The summed E-state index contributed by atoms with van der Waals surface area (Å²) in [6.45, 7) is 0. The predicted octanol–water partition coefficient (Wildman–Crippen LogP) is 2.19. The summed E-state index contributed by atoms with van der Waals surface area (Å²) >= 11 is 0. The summed E-state index contributed by atoms with van der Waals surface area (Å²) < 4.78 is 0. The summed E-state index contributed by atoms with van der Waals surface area (Å²) in [6, 6.07) is 17.1. The molecule has 0 fully saturated rings. The second-order valence-corrected chi connectivity index (χ2v) is 4.55. The number of amides is 1. The minimum Gasteiger partial charge on any atom is -0.387 e. The third-order valence-corrected chi connectivity index (χ3v) is 3.08. The standard InChI is InChI=1S/C16H13N3O/c17-14(10-11-6-2-1-3-7-11)18-15-12-8-4-5-9-13(12)16(20)19-15/h1-9H,10H2,(H2,17,18,19,20). The number of carbonyl (C=O) groups is 1. The maximum atomic E-state index is 11.7. The van der Waals surface area contributed by atoms with Gasteiger partial charge in [-0.15, -0.1) is 0 Å². The van der Waals surface area contributed by atoms with Crippen LogP contribution in [0.4, 0.5) is 0 Å². The van der Waals surface area contributed by atoms with E-state index in [1.54, 1.807) is 6.07 Å². The number of hydrogen-bond acceptors (Lipinski definition) is 2. The maximum Gasteiger partial charge on any atom is 0.279 e. The minimum absolute atomic E-state index is 0.258. The highest BCUT2D eigenvalue weighted by atomic mass is 16.1. The van der Waals surface area contributed by atoms with Gasteiger partial charge < -0.3 is 5.73 Å². The Balaban J connectivity index is 1.86. The molecule has 98 valence electrons. The fourth-order valence-corrected chi connectivity index (χ4v) is 2.15. The van der Waals surface area contributed by atoms with Crippen LogP contribution in [0.15, 0.2) is 64.6 Å². The molecule has 0 bridgehead atoms. The lowest BCUT2D eigenvalue weighted by molar-refractivity contribution is 0.101.